The van der Waals surface area contributed by atoms with Crippen LogP contribution in [-0.2, 0) is 27.7 Å². The van der Waals surface area contributed by atoms with E-state index in [0.717, 1.165) is 21.3 Å². The number of hydrogen-bond donors (Lipinski definition) is 0. The molecule has 0 aliphatic rings. The first kappa shape index (κ1) is 24.0. The van der Waals surface area contributed by atoms with Crippen LogP contribution >= 0.6 is 23.5 Å². The third-order valence-electron chi connectivity index (χ3n) is 2.81. The molecule has 0 aliphatic heterocycles. The Labute approximate surface area is 176 Å². The summed E-state index contributed by atoms with van der Waals surface area (Å²) in [5, 5.41) is 21.1. The van der Waals surface area contributed by atoms with Gasteiger partial charge in [0.05, 0.1) is 11.9 Å². The minimum atomic E-state index is -1.11. The van der Waals surface area contributed by atoms with Gasteiger partial charge >= 0.3 is 27.7 Å². The maximum atomic E-state index is 10.6. The van der Waals surface area contributed by atoms with E-state index >= 15 is 0 Å². The summed E-state index contributed by atoms with van der Waals surface area (Å²) in [7, 11) is 0. The Hall–Kier alpha value is -0.985. The van der Waals surface area contributed by atoms with E-state index in [9.17, 15) is 19.8 Å². The summed E-state index contributed by atoms with van der Waals surface area (Å²) in [5.74, 6) is -0.479. The first-order valence-corrected chi connectivity index (χ1v) is 9.34. The van der Waals surface area contributed by atoms with Crippen molar-refractivity contribution in [3.05, 3.63) is 59.7 Å². The molecule has 0 saturated carbocycles. The fraction of sp³-hybridized carbons (Fsp3) is 0.222. The molecule has 7 heteroatoms. The molecule has 0 bridgehead atoms. The normalized spacial score (nSPS) is 9.36. The summed E-state index contributed by atoms with van der Waals surface area (Å²) in [4.78, 5) is 22.7. The van der Waals surface area contributed by atoms with Crippen molar-refractivity contribution >= 4 is 35.5 Å². The van der Waals surface area contributed by atoms with Gasteiger partial charge in [0.15, 0.2) is 0 Å². The molecule has 0 aromatic heterocycles. The molecule has 4 nitrogen and oxygen atoms in total. The van der Waals surface area contributed by atoms with Gasteiger partial charge in [0, 0.05) is 20.9 Å². The second-order valence-corrected chi connectivity index (χ2v) is 7.04. The summed E-state index contributed by atoms with van der Waals surface area (Å²) >= 11 is 3.02. The van der Waals surface area contributed by atoms with Gasteiger partial charge < -0.3 is 19.8 Å². The molecule has 2 aromatic carbocycles. The van der Waals surface area contributed by atoms with Gasteiger partial charge in [-0.2, -0.15) is 0 Å². The Morgan fingerprint density at radius 3 is 1.36 bits per heavy atom. The van der Waals surface area contributed by atoms with Gasteiger partial charge in [-0.1, -0.05) is 50.2 Å². The third-order valence-corrected chi connectivity index (χ3v) is 4.72. The predicted molar refractivity (Wildman–Crippen MR) is 94.3 cm³/mol. The van der Waals surface area contributed by atoms with Crippen molar-refractivity contribution in [1.82, 2.24) is 0 Å². The molecule has 2 aromatic rings. The molecule has 128 valence electrons. The SMILES string of the molecule is CCSc1ccccc1C(=O)[O-].CCSc1ccccc1C(=O)[O-].[Hg+2]. The van der Waals surface area contributed by atoms with Gasteiger partial charge in [-0.05, 0) is 23.6 Å². The van der Waals surface area contributed by atoms with Crippen molar-refractivity contribution < 1.29 is 47.5 Å². The predicted octanol–water partition coefficient (Wildman–Crippen LogP) is 2.32. The standard InChI is InChI=1S/2C9H10O2S.Hg/c2*1-2-12-8-6-4-3-5-7(8)9(10)11;/h2*3-6H,2H2,1H3,(H,10,11);/q;;+2/p-2. The third kappa shape index (κ3) is 8.29. The van der Waals surface area contributed by atoms with E-state index in [2.05, 4.69) is 0 Å². The van der Waals surface area contributed by atoms with Crippen molar-refractivity contribution in [2.24, 2.45) is 0 Å². The summed E-state index contributed by atoms with van der Waals surface area (Å²) in [5.41, 5.74) is 0.564. The fourth-order valence-corrected chi connectivity index (χ4v) is 3.42. The number of carboxylic acid groups (broad SMARTS) is 2. The molecule has 0 unspecified atom stereocenters. The molecule has 2 rings (SSSR count). The van der Waals surface area contributed by atoms with Crippen LogP contribution in [0.2, 0.25) is 0 Å². The van der Waals surface area contributed by atoms with Crippen LogP contribution in [0, 0.1) is 0 Å². The van der Waals surface area contributed by atoms with E-state index in [0.29, 0.717) is 0 Å². The van der Waals surface area contributed by atoms with E-state index in [4.69, 9.17) is 0 Å². The summed E-state index contributed by atoms with van der Waals surface area (Å²) in [6.45, 7) is 3.97. The van der Waals surface area contributed by atoms with Crippen molar-refractivity contribution in [3.63, 3.8) is 0 Å². The molecular weight excluding hydrogens is 545 g/mol. The number of thioether (sulfide) groups is 2. The van der Waals surface area contributed by atoms with E-state index in [1.54, 1.807) is 36.4 Å². The van der Waals surface area contributed by atoms with Crippen LogP contribution in [-0.4, -0.2) is 23.4 Å². The molecule has 0 aliphatic carbocycles. The Bertz CT molecular complexity index is 633. The zero-order valence-corrected chi connectivity index (χ0v) is 21.3. The second kappa shape index (κ2) is 13.2. The maximum absolute atomic E-state index is 10.6. The molecule has 0 fully saturated rings. The van der Waals surface area contributed by atoms with Crippen LogP contribution in [0.15, 0.2) is 58.3 Å². The largest absolute Gasteiger partial charge is 2.00 e. The minimum absolute atomic E-state index is 0. The first-order chi connectivity index (χ1) is 11.5. The second-order valence-electron chi connectivity index (χ2n) is 4.43. The quantitative estimate of drug-likeness (QED) is 0.397. The van der Waals surface area contributed by atoms with Crippen LogP contribution in [0.5, 0.6) is 0 Å². The monoisotopic (exact) mass is 564 g/mol. The van der Waals surface area contributed by atoms with E-state index in [1.165, 1.54) is 23.5 Å². The summed E-state index contributed by atoms with van der Waals surface area (Å²) in [6, 6.07) is 13.8. The molecule has 25 heavy (non-hydrogen) atoms. The van der Waals surface area contributed by atoms with Crippen molar-refractivity contribution in [1.29, 1.82) is 0 Å². The van der Waals surface area contributed by atoms with Crippen LogP contribution in [0.3, 0.4) is 0 Å². The van der Waals surface area contributed by atoms with Gasteiger partial charge in [0.25, 0.3) is 0 Å². The molecular formula is C18H18HgO4S2. The first-order valence-electron chi connectivity index (χ1n) is 7.37. The smallest absolute Gasteiger partial charge is 0.545 e. The number of carbonyl (C=O) groups excluding carboxylic acids is 2. The Morgan fingerprint density at radius 1 is 0.760 bits per heavy atom. The fourth-order valence-electron chi connectivity index (χ4n) is 1.83. The average molecular weight is 563 g/mol. The number of benzene rings is 2. The van der Waals surface area contributed by atoms with Gasteiger partial charge in [0.1, 0.15) is 0 Å². The molecule has 0 radical (unpaired) electrons. The molecule has 0 spiro atoms. The summed E-state index contributed by atoms with van der Waals surface area (Å²) < 4.78 is 0. The molecule has 0 heterocycles. The summed E-state index contributed by atoms with van der Waals surface area (Å²) in [6.07, 6.45) is 0. The molecule has 0 saturated heterocycles. The van der Waals surface area contributed by atoms with Gasteiger partial charge in [0.2, 0.25) is 0 Å². The zero-order chi connectivity index (χ0) is 17.9. The number of hydrogen-bond acceptors (Lipinski definition) is 6. The molecule has 0 atom stereocenters. The number of carbonyl (C=O) groups is 2. The van der Waals surface area contributed by atoms with Crippen LogP contribution < -0.4 is 10.2 Å². The number of rotatable bonds is 6. The van der Waals surface area contributed by atoms with Crippen LogP contribution in [0.25, 0.3) is 0 Å². The number of carboxylic acids is 2. The maximum Gasteiger partial charge on any atom is 2.00 e. The van der Waals surface area contributed by atoms with Gasteiger partial charge in [-0.15, -0.1) is 23.5 Å². The van der Waals surface area contributed by atoms with E-state index in [1.807, 2.05) is 26.0 Å². The Balaban J connectivity index is 0.000000443. The van der Waals surface area contributed by atoms with Crippen molar-refractivity contribution in [3.8, 4) is 0 Å². The Morgan fingerprint density at radius 2 is 1.08 bits per heavy atom. The molecule has 0 amide bonds. The van der Waals surface area contributed by atoms with Crippen molar-refractivity contribution in [2.75, 3.05) is 11.5 Å². The minimum Gasteiger partial charge on any atom is -0.545 e. The van der Waals surface area contributed by atoms with Crippen LogP contribution in [0.4, 0.5) is 0 Å². The van der Waals surface area contributed by atoms with Crippen LogP contribution in [0.1, 0.15) is 34.6 Å². The molecule has 0 N–H and O–H groups in total. The average Bonchev–Trinajstić information content (AvgIpc) is 2.57. The van der Waals surface area contributed by atoms with E-state index in [-0.39, 0.29) is 38.8 Å². The topological polar surface area (TPSA) is 80.3 Å². The van der Waals surface area contributed by atoms with Gasteiger partial charge in [-0.3, -0.25) is 0 Å². The zero-order valence-electron chi connectivity index (χ0n) is 14.2. The van der Waals surface area contributed by atoms with E-state index < -0.39 is 11.9 Å². The van der Waals surface area contributed by atoms with Gasteiger partial charge in [-0.25, -0.2) is 0 Å². The van der Waals surface area contributed by atoms with Crippen molar-refractivity contribution in [2.45, 2.75) is 23.6 Å². The number of aromatic carboxylic acids is 2. The Kier molecular flexibility index (Phi) is 12.7.